The lowest BCUT2D eigenvalue weighted by atomic mass is 10.2. The van der Waals surface area contributed by atoms with Crippen LogP contribution in [-0.4, -0.2) is 90.8 Å². The lowest BCUT2D eigenvalue weighted by Crippen LogP contribution is -2.27. The van der Waals surface area contributed by atoms with Crippen LogP contribution < -0.4 is 16.0 Å². The average Bonchev–Trinajstić information content (AvgIpc) is 2.76. The number of ether oxygens (including phenoxy) is 4. The Hall–Kier alpha value is -1.26. The predicted octanol–water partition coefficient (Wildman–Crippen LogP) is 1.26. The van der Waals surface area contributed by atoms with Gasteiger partial charge in [0.1, 0.15) is 0 Å². The first kappa shape index (κ1) is 29.7. The van der Waals surface area contributed by atoms with Crippen molar-refractivity contribution in [2.45, 2.75) is 52.4 Å². The first-order chi connectivity index (χ1) is 15.2. The zero-order valence-electron chi connectivity index (χ0n) is 19.7. The molecule has 0 fully saturated rings. The van der Waals surface area contributed by atoms with Gasteiger partial charge in [0, 0.05) is 52.4 Å². The highest BCUT2D eigenvalue weighted by Crippen LogP contribution is 1.96. The summed E-state index contributed by atoms with van der Waals surface area (Å²) in [5.41, 5.74) is 0. The summed E-state index contributed by atoms with van der Waals surface area (Å²) in [6.45, 7) is 12.1. The minimum absolute atomic E-state index is 0.0178. The van der Waals surface area contributed by atoms with Crippen molar-refractivity contribution in [1.29, 1.82) is 0 Å². The molecule has 0 rings (SSSR count). The van der Waals surface area contributed by atoms with Crippen molar-refractivity contribution in [3.05, 3.63) is 0 Å². The number of amides is 2. The fraction of sp³-hybridized carbons (Fsp3) is 0.909. The number of hydrogen-bond donors (Lipinski definition) is 3. The SMILES string of the molecule is CCNCCCOCCOCCOCCCNC(=O)CCCC(=O)NCCCOCC. The van der Waals surface area contributed by atoms with Crippen LogP contribution in [0, 0.1) is 0 Å². The second-order valence-corrected chi connectivity index (χ2v) is 7.00. The highest BCUT2D eigenvalue weighted by atomic mass is 16.5. The van der Waals surface area contributed by atoms with E-state index in [9.17, 15) is 9.59 Å². The molecule has 0 aromatic carbocycles. The van der Waals surface area contributed by atoms with Gasteiger partial charge in [0.2, 0.25) is 11.8 Å². The highest BCUT2D eigenvalue weighted by Gasteiger charge is 2.04. The lowest BCUT2D eigenvalue weighted by molar-refractivity contribution is -0.122. The molecule has 0 aliphatic heterocycles. The Bertz CT molecular complexity index is 413. The smallest absolute Gasteiger partial charge is 0.220 e. The maximum atomic E-state index is 11.8. The van der Waals surface area contributed by atoms with Crippen LogP contribution in [0.5, 0.6) is 0 Å². The van der Waals surface area contributed by atoms with Gasteiger partial charge in [-0.25, -0.2) is 0 Å². The molecular formula is C22H45N3O6. The Morgan fingerprint density at radius 3 is 1.52 bits per heavy atom. The standard InChI is InChI=1S/C22H45N3O6/c1-3-23-11-6-15-29-17-19-31-20-18-30-16-8-13-25-22(27)10-5-9-21(26)24-12-7-14-28-4-2/h23H,3-20H2,1-2H3,(H,24,26)(H,25,27). The Morgan fingerprint density at radius 2 is 1.03 bits per heavy atom. The van der Waals surface area contributed by atoms with E-state index < -0.39 is 0 Å². The summed E-state index contributed by atoms with van der Waals surface area (Å²) in [6.07, 6.45) is 3.85. The van der Waals surface area contributed by atoms with Crippen molar-refractivity contribution in [2.75, 3.05) is 79.0 Å². The fourth-order valence-electron chi connectivity index (χ4n) is 2.55. The van der Waals surface area contributed by atoms with Gasteiger partial charge in [-0.2, -0.15) is 0 Å². The molecule has 0 aromatic rings. The summed E-state index contributed by atoms with van der Waals surface area (Å²) in [4.78, 5) is 23.4. The van der Waals surface area contributed by atoms with Crippen LogP contribution in [0.4, 0.5) is 0 Å². The summed E-state index contributed by atoms with van der Waals surface area (Å²) in [5, 5.41) is 8.92. The van der Waals surface area contributed by atoms with Crippen molar-refractivity contribution in [3.63, 3.8) is 0 Å². The van der Waals surface area contributed by atoms with Gasteiger partial charge in [-0.05, 0) is 45.7 Å². The molecule has 2 amide bonds. The number of nitrogens with one attached hydrogen (secondary N) is 3. The molecule has 0 saturated carbocycles. The topological polar surface area (TPSA) is 107 Å². The summed E-state index contributed by atoms with van der Waals surface area (Å²) in [5.74, 6) is -0.0475. The minimum Gasteiger partial charge on any atom is -0.382 e. The second-order valence-electron chi connectivity index (χ2n) is 7.00. The molecular weight excluding hydrogens is 402 g/mol. The first-order valence-corrected chi connectivity index (χ1v) is 11.8. The van der Waals surface area contributed by atoms with Crippen LogP contribution in [0.25, 0.3) is 0 Å². The van der Waals surface area contributed by atoms with Crippen molar-refractivity contribution >= 4 is 11.8 Å². The van der Waals surface area contributed by atoms with Gasteiger partial charge in [0.25, 0.3) is 0 Å². The lowest BCUT2D eigenvalue weighted by Gasteiger charge is -2.08. The number of carbonyl (C=O) groups is 2. The second kappa shape index (κ2) is 25.0. The van der Waals surface area contributed by atoms with Crippen LogP contribution in [0.3, 0.4) is 0 Å². The molecule has 0 atom stereocenters. The molecule has 0 spiro atoms. The summed E-state index contributed by atoms with van der Waals surface area (Å²) in [7, 11) is 0. The predicted molar refractivity (Wildman–Crippen MR) is 121 cm³/mol. The summed E-state index contributed by atoms with van der Waals surface area (Å²) >= 11 is 0. The monoisotopic (exact) mass is 447 g/mol. The van der Waals surface area contributed by atoms with E-state index in [-0.39, 0.29) is 11.8 Å². The van der Waals surface area contributed by atoms with Gasteiger partial charge in [0.05, 0.1) is 26.4 Å². The van der Waals surface area contributed by atoms with E-state index in [1.165, 1.54) is 0 Å². The van der Waals surface area contributed by atoms with Crippen molar-refractivity contribution in [1.82, 2.24) is 16.0 Å². The normalized spacial score (nSPS) is 10.9. The molecule has 9 heteroatoms. The molecule has 184 valence electrons. The molecule has 0 aromatic heterocycles. The fourth-order valence-corrected chi connectivity index (χ4v) is 2.55. The molecule has 3 N–H and O–H groups in total. The largest absolute Gasteiger partial charge is 0.382 e. The van der Waals surface area contributed by atoms with Crippen molar-refractivity contribution in [3.8, 4) is 0 Å². The maximum absolute atomic E-state index is 11.8. The quantitative estimate of drug-likeness (QED) is 0.191. The number of rotatable bonds is 24. The first-order valence-electron chi connectivity index (χ1n) is 11.8. The van der Waals surface area contributed by atoms with Gasteiger partial charge in [-0.3, -0.25) is 9.59 Å². The summed E-state index contributed by atoms with van der Waals surface area (Å²) in [6, 6.07) is 0. The van der Waals surface area contributed by atoms with Gasteiger partial charge in [-0.15, -0.1) is 0 Å². The molecule has 0 bridgehead atoms. The van der Waals surface area contributed by atoms with Gasteiger partial charge < -0.3 is 34.9 Å². The molecule has 9 nitrogen and oxygen atoms in total. The number of carbonyl (C=O) groups excluding carboxylic acids is 2. The Kier molecular flexibility index (Phi) is 24.0. The minimum atomic E-state index is -0.0297. The molecule has 0 saturated heterocycles. The van der Waals surface area contributed by atoms with Gasteiger partial charge in [-0.1, -0.05) is 6.92 Å². The molecule has 31 heavy (non-hydrogen) atoms. The molecule has 0 aliphatic rings. The zero-order valence-corrected chi connectivity index (χ0v) is 19.7. The van der Waals surface area contributed by atoms with E-state index in [0.717, 1.165) is 39.0 Å². The van der Waals surface area contributed by atoms with Crippen molar-refractivity contribution in [2.24, 2.45) is 0 Å². The molecule has 0 radical (unpaired) electrons. The van der Waals surface area contributed by atoms with E-state index in [1.807, 2.05) is 6.92 Å². The average molecular weight is 448 g/mol. The Morgan fingerprint density at radius 1 is 0.581 bits per heavy atom. The third kappa shape index (κ3) is 24.9. The maximum Gasteiger partial charge on any atom is 0.220 e. The molecule has 0 heterocycles. The van der Waals surface area contributed by atoms with E-state index >= 15 is 0 Å². The van der Waals surface area contributed by atoms with E-state index in [4.69, 9.17) is 18.9 Å². The highest BCUT2D eigenvalue weighted by molar-refractivity contribution is 5.78. The zero-order chi connectivity index (χ0) is 22.8. The van der Waals surface area contributed by atoms with Crippen molar-refractivity contribution < 1.29 is 28.5 Å². The van der Waals surface area contributed by atoms with Crippen LogP contribution in [0.15, 0.2) is 0 Å². The van der Waals surface area contributed by atoms with Gasteiger partial charge in [0.15, 0.2) is 0 Å². The van der Waals surface area contributed by atoms with Crippen LogP contribution in [-0.2, 0) is 28.5 Å². The molecule has 0 aliphatic carbocycles. The van der Waals surface area contributed by atoms with Crippen LogP contribution in [0.1, 0.15) is 52.4 Å². The van der Waals surface area contributed by atoms with Crippen LogP contribution >= 0.6 is 0 Å². The van der Waals surface area contributed by atoms with E-state index in [2.05, 4.69) is 22.9 Å². The Labute approximate surface area is 188 Å². The third-order valence-electron chi connectivity index (χ3n) is 4.22. The number of hydrogen-bond acceptors (Lipinski definition) is 7. The summed E-state index contributed by atoms with van der Waals surface area (Å²) < 4.78 is 21.6. The van der Waals surface area contributed by atoms with Gasteiger partial charge >= 0.3 is 0 Å². The Balaban J connectivity index is 3.24. The molecule has 0 unspecified atom stereocenters. The third-order valence-corrected chi connectivity index (χ3v) is 4.22. The van der Waals surface area contributed by atoms with E-state index in [1.54, 1.807) is 0 Å². The van der Waals surface area contributed by atoms with E-state index in [0.29, 0.717) is 78.6 Å². The van der Waals surface area contributed by atoms with Crippen LogP contribution in [0.2, 0.25) is 0 Å².